The maximum Gasteiger partial charge on any atom is 0.213 e. The summed E-state index contributed by atoms with van der Waals surface area (Å²) in [6, 6.07) is 6.45. The Morgan fingerprint density at radius 3 is 2.52 bits per heavy atom. The number of nitrogens with zero attached hydrogens (tertiary/aromatic N) is 3. The molecule has 0 atom stereocenters. The smallest absolute Gasteiger partial charge is 0.213 e. The quantitative estimate of drug-likeness (QED) is 0.600. The van der Waals surface area contributed by atoms with Crippen LogP contribution in [-0.4, -0.2) is 31.6 Å². The standard InChI is InChI=1S/C21H33N5O/c1-8-22-20(25-14-19-23-13-18(27-19)21(3,4)5)24-12-16-9-10-17(26(6)7)11-15(16)2/h9-11,13H,8,12,14H2,1-7H3,(H2,22,24,25). The van der Waals surface area contributed by atoms with Crippen LogP contribution < -0.4 is 15.5 Å². The second-order valence-corrected chi connectivity index (χ2v) is 7.92. The predicted octanol–water partition coefficient (Wildman–Crippen LogP) is 3.60. The van der Waals surface area contributed by atoms with Crippen LogP contribution in [-0.2, 0) is 18.5 Å². The minimum absolute atomic E-state index is 0.0416. The van der Waals surface area contributed by atoms with Crippen molar-refractivity contribution in [2.75, 3.05) is 25.5 Å². The molecule has 2 aromatic rings. The van der Waals surface area contributed by atoms with Gasteiger partial charge in [0.1, 0.15) is 5.76 Å². The Labute approximate surface area is 163 Å². The summed E-state index contributed by atoms with van der Waals surface area (Å²) in [5.41, 5.74) is 3.61. The van der Waals surface area contributed by atoms with E-state index in [1.54, 1.807) is 6.20 Å². The highest BCUT2D eigenvalue weighted by Crippen LogP contribution is 2.22. The molecule has 0 fully saturated rings. The topological polar surface area (TPSA) is 65.7 Å². The van der Waals surface area contributed by atoms with Gasteiger partial charge in [-0.15, -0.1) is 0 Å². The average Bonchev–Trinajstić information content (AvgIpc) is 3.07. The van der Waals surface area contributed by atoms with Crippen molar-refractivity contribution in [3.63, 3.8) is 0 Å². The van der Waals surface area contributed by atoms with Crippen molar-refractivity contribution < 1.29 is 4.42 Å². The summed E-state index contributed by atoms with van der Waals surface area (Å²) in [7, 11) is 4.10. The Bertz CT molecular complexity index is 771. The molecule has 1 heterocycles. The third-order valence-corrected chi connectivity index (χ3v) is 4.29. The fourth-order valence-corrected chi connectivity index (χ4v) is 2.54. The average molecular weight is 372 g/mol. The lowest BCUT2D eigenvalue weighted by molar-refractivity contribution is 0.379. The number of oxazole rings is 1. The van der Waals surface area contributed by atoms with Crippen LogP contribution in [0.5, 0.6) is 0 Å². The lowest BCUT2D eigenvalue weighted by Gasteiger charge is -2.15. The van der Waals surface area contributed by atoms with E-state index in [-0.39, 0.29) is 5.41 Å². The van der Waals surface area contributed by atoms with Gasteiger partial charge in [-0.3, -0.25) is 0 Å². The van der Waals surface area contributed by atoms with E-state index in [1.807, 2.05) is 14.1 Å². The zero-order chi connectivity index (χ0) is 20.0. The maximum atomic E-state index is 5.83. The lowest BCUT2D eigenvalue weighted by atomic mass is 9.94. The van der Waals surface area contributed by atoms with E-state index < -0.39 is 0 Å². The lowest BCUT2D eigenvalue weighted by Crippen LogP contribution is -2.36. The summed E-state index contributed by atoms with van der Waals surface area (Å²) < 4.78 is 5.83. The molecule has 0 amide bonds. The van der Waals surface area contributed by atoms with Crippen LogP contribution in [0, 0.1) is 6.92 Å². The molecule has 27 heavy (non-hydrogen) atoms. The maximum absolute atomic E-state index is 5.83. The first kappa shape index (κ1) is 20.8. The van der Waals surface area contributed by atoms with Crippen molar-refractivity contribution in [2.24, 2.45) is 4.99 Å². The molecule has 0 aliphatic heterocycles. The largest absolute Gasteiger partial charge is 0.443 e. The summed E-state index contributed by atoms with van der Waals surface area (Å²) in [4.78, 5) is 11.2. The van der Waals surface area contributed by atoms with Crippen molar-refractivity contribution >= 4 is 11.6 Å². The molecule has 1 aromatic carbocycles. The van der Waals surface area contributed by atoms with E-state index in [2.05, 4.69) is 73.3 Å². The van der Waals surface area contributed by atoms with Crippen molar-refractivity contribution in [3.05, 3.63) is 47.2 Å². The molecule has 6 nitrogen and oxygen atoms in total. The molecule has 0 aliphatic carbocycles. The molecule has 0 aliphatic rings. The minimum Gasteiger partial charge on any atom is -0.443 e. The Morgan fingerprint density at radius 2 is 1.96 bits per heavy atom. The molecule has 0 unspecified atom stereocenters. The van der Waals surface area contributed by atoms with Crippen LogP contribution in [0.25, 0.3) is 0 Å². The number of hydrogen-bond donors (Lipinski definition) is 2. The van der Waals surface area contributed by atoms with E-state index in [1.165, 1.54) is 16.8 Å². The van der Waals surface area contributed by atoms with Crippen LogP contribution in [0.2, 0.25) is 0 Å². The highest BCUT2D eigenvalue weighted by atomic mass is 16.4. The normalized spacial score (nSPS) is 12.2. The van der Waals surface area contributed by atoms with E-state index in [4.69, 9.17) is 9.41 Å². The van der Waals surface area contributed by atoms with Crippen LogP contribution in [0.3, 0.4) is 0 Å². The summed E-state index contributed by atoms with van der Waals surface area (Å²) >= 11 is 0. The van der Waals surface area contributed by atoms with E-state index in [0.29, 0.717) is 19.0 Å². The summed E-state index contributed by atoms with van der Waals surface area (Å²) in [5, 5.41) is 6.57. The first-order valence-corrected chi connectivity index (χ1v) is 9.45. The van der Waals surface area contributed by atoms with Crippen molar-refractivity contribution in [2.45, 2.75) is 53.1 Å². The van der Waals surface area contributed by atoms with Gasteiger partial charge in [0.15, 0.2) is 5.96 Å². The van der Waals surface area contributed by atoms with Crippen molar-refractivity contribution in [3.8, 4) is 0 Å². The monoisotopic (exact) mass is 371 g/mol. The van der Waals surface area contributed by atoms with Gasteiger partial charge < -0.3 is 20.0 Å². The number of aryl methyl sites for hydroxylation is 1. The first-order valence-electron chi connectivity index (χ1n) is 9.45. The van der Waals surface area contributed by atoms with Gasteiger partial charge in [0, 0.05) is 31.7 Å². The zero-order valence-corrected chi connectivity index (χ0v) is 17.7. The Kier molecular flexibility index (Phi) is 6.88. The molecule has 0 radical (unpaired) electrons. The third kappa shape index (κ3) is 6.01. The fourth-order valence-electron chi connectivity index (χ4n) is 2.54. The molecule has 0 bridgehead atoms. The number of nitrogens with one attached hydrogen (secondary N) is 2. The molecule has 1 aromatic heterocycles. The Hall–Kier alpha value is -2.50. The number of hydrogen-bond acceptors (Lipinski definition) is 4. The molecular weight excluding hydrogens is 338 g/mol. The van der Waals surface area contributed by atoms with Gasteiger partial charge in [0.05, 0.1) is 19.3 Å². The molecular formula is C21H33N5O. The second kappa shape index (κ2) is 8.93. The van der Waals surface area contributed by atoms with Gasteiger partial charge in [-0.25, -0.2) is 9.98 Å². The van der Waals surface area contributed by atoms with Gasteiger partial charge in [0.25, 0.3) is 0 Å². The van der Waals surface area contributed by atoms with Gasteiger partial charge in [0.2, 0.25) is 5.89 Å². The van der Waals surface area contributed by atoms with Crippen molar-refractivity contribution in [1.82, 2.24) is 15.6 Å². The highest BCUT2D eigenvalue weighted by Gasteiger charge is 2.19. The first-order chi connectivity index (χ1) is 12.7. The number of benzene rings is 1. The second-order valence-electron chi connectivity index (χ2n) is 7.92. The van der Waals surface area contributed by atoms with Crippen LogP contribution in [0.1, 0.15) is 50.5 Å². The molecule has 148 valence electrons. The third-order valence-electron chi connectivity index (χ3n) is 4.29. The van der Waals surface area contributed by atoms with E-state index >= 15 is 0 Å². The predicted molar refractivity (Wildman–Crippen MR) is 112 cm³/mol. The number of anilines is 1. The van der Waals surface area contributed by atoms with Gasteiger partial charge in [-0.05, 0) is 37.1 Å². The summed E-state index contributed by atoms with van der Waals surface area (Å²) in [5.74, 6) is 2.30. The number of aromatic nitrogens is 1. The molecule has 0 saturated heterocycles. The Morgan fingerprint density at radius 1 is 1.22 bits per heavy atom. The van der Waals surface area contributed by atoms with E-state index in [0.717, 1.165) is 18.3 Å². The molecule has 2 rings (SSSR count). The molecule has 2 N–H and O–H groups in total. The van der Waals surface area contributed by atoms with Crippen LogP contribution in [0.4, 0.5) is 5.69 Å². The fraction of sp³-hybridized carbons (Fsp3) is 0.524. The SMILES string of the molecule is CCNC(=NCc1ccc(N(C)C)cc1C)NCc1ncc(C(C)(C)C)o1. The van der Waals surface area contributed by atoms with Gasteiger partial charge in [-0.2, -0.15) is 0 Å². The van der Waals surface area contributed by atoms with E-state index in [9.17, 15) is 0 Å². The molecule has 6 heteroatoms. The summed E-state index contributed by atoms with van der Waals surface area (Å²) in [6.07, 6.45) is 1.80. The molecule has 0 spiro atoms. The number of guanidine groups is 1. The minimum atomic E-state index is -0.0416. The number of rotatable bonds is 6. The Balaban J connectivity index is 2.03. The number of aliphatic imine (C=N–C) groups is 1. The highest BCUT2D eigenvalue weighted by molar-refractivity contribution is 5.79. The molecule has 0 saturated carbocycles. The van der Waals surface area contributed by atoms with Crippen molar-refractivity contribution in [1.29, 1.82) is 0 Å². The van der Waals surface area contributed by atoms with Crippen LogP contribution in [0.15, 0.2) is 33.8 Å². The van der Waals surface area contributed by atoms with Gasteiger partial charge in [-0.1, -0.05) is 26.8 Å². The summed E-state index contributed by atoms with van der Waals surface area (Å²) in [6.45, 7) is 12.4. The zero-order valence-electron chi connectivity index (χ0n) is 17.7. The van der Waals surface area contributed by atoms with Crippen LogP contribution >= 0.6 is 0 Å². The van der Waals surface area contributed by atoms with Gasteiger partial charge >= 0.3 is 0 Å².